The predicted molar refractivity (Wildman–Crippen MR) is 46.1 cm³/mol. The van der Waals surface area contributed by atoms with Gasteiger partial charge in [-0.2, -0.15) is 0 Å². The van der Waals surface area contributed by atoms with Gasteiger partial charge in [-0.1, -0.05) is 17.7 Å². The normalized spacial score (nSPS) is 10.5. The van der Waals surface area contributed by atoms with Crippen molar-refractivity contribution in [3.05, 3.63) is 33.7 Å². The van der Waals surface area contributed by atoms with Gasteiger partial charge in [0, 0.05) is 12.1 Å². The first-order valence-electron chi connectivity index (χ1n) is 3.50. The van der Waals surface area contributed by atoms with Crippen LogP contribution >= 0.6 is 11.6 Å². The summed E-state index contributed by atoms with van der Waals surface area (Å²) in [7, 11) is 0. The minimum Gasteiger partial charge on any atom is -0.297 e. The van der Waals surface area contributed by atoms with E-state index in [1.165, 1.54) is 6.07 Å². The Hall–Kier alpha value is -0.760. The van der Waals surface area contributed by atoms with Crippen molar-refractivity contribution >= 4 is 11.6 Å². The van der Waals surface area contributed by atoms with Crippen LogP contribution in [0.2, 0.25) is 5.15 Å². The molecule has 2 nitrogen and oxygen atoms in total. The van der Waals surface area contributed by atoms with Gasteiger partial charge in [-0.05, 0) is 19.9 Å². The molecule has 0 amide bonds. The lowest BCUT2D eigenvalue weighted by Gasteiger charge is -2.10. The molecule has 1 aromatic heterocycles. The molecule has 0 saturated carbocycles. The van der Waals surface area contributed by atoms with Crippen LogP contribution in [-0.4, -0.2) is 4.57 Å². The maximum atomic E-state index is 11.2. The zero-order valence-electron chi connectivity index (χ0n) is 6.54. The Morgan fingerprint density at radius 2 is 2.09 bits per heavy atom. The molecular weight excluding hydrogens is 162 g/mol. The summed E-state index contributed by atoms with van der Waals surface area (Å²) >= 11 is 5.79. The van der Waals surface area contributed by atoms with E-state index >= 15 is 0 Å². The van der Waals surface area contributed by atoms with Gasteiger partial charge >= 0.3 is 0 Å². The van der Waals surface area contributed by atoms with Gasteiger partial charge in [0.1, 0.15) is 5.15 Å². The maximum Gasteiger partial charge on any atom is 0.251 e. The van der Waals surface area contributed by atoms with Crippen LogP contribution < -0.4 is 5.56 Å². The summed E-state index contributed by atoms with van der Waals surface area (Å²) in [5.41, 5.74) is -0.0486. The third-order valence-corrected chi connectivity index (χ3v) is 1.76. The topological polar surface area (TPSA) is 22.0 Å². The lowest BCUT2D eigenvalue weighted by Crippen LogP contribution is -2.20. The lowest BCUT2D eigenvalue weighted by molar-refractivity contribution is 0.579. The van der Waals surface area contributed by atoms with E-state index < -0.39 is 0 Å². The fraction of sp³-hybridized carbons (Fsp3) is 0.375. The fourth-order valence-corrected chi connectivity index (χ4v) is 1.33. The Kier molecular flexibility index (Phi) is 2.35. The van der Waals surface area contributed by atoms with E-state index in [0.717, 1.165) is 0 Å². The molecule has 1 heterocycles. The summed E-state index contributed by atoms with van der Waals surface area (Å²) < 4.78 is 1.54. The standard InChI is InChI=1S/C8H10ClNO/c1-6(2)10-7(9)4-3-5-8(10)11/h3-6H,1-2H3. The Bertz CT molecular complexity index is 303. The van der Waals surface area contributed by atoms with Crippen molar-refractivity contribution < 1.29 is 0 Å². The minimum atomic E-state index is -0.0486. The molecule has 0 spiro atoms. The van der Waals surface area contributed by atoms with Gasteiger partial charge in [-0.3, -0.25) is 9.36 Å². The quantitative estimate of drug-likeness (QED) is 0.593. The monoisotopic (exact) mass is 171 g/mol. The van der Waals surface area contributed by atoms with Crippen LogP contribution in [0.1, 0.15) is 19.9 Å². The molecule has 11 heavy (non-hydrogen) atoms. The molecule has 0 atom stereocenters. The molecule has 0 aromatic carbocycles. The molecule has 0 radical (unpaired) electrons. The van der Waals surface area contributed by atoms with Crippen molar-refractivity contribution in [3.8, 4) is 0 Å². The number of rotatable bonds is 1. The SMILES string of the molecule is CC(C)n1c(Cl)cccc1=O. The Morgan fingerprint density at radius 3 is 2.45 bits per heavy atom. The second-order valence-electron chi connectivity index (χ2n) is 2.65. The zero-order valence-corrected chi connectivity index (χ0v) is 7.30. The molecule has 3 heteroatoms. The van der Waals surface area contributed by atoms with Crippen molar-refractivity contribution in [1.82, 2.24) is 4.57 Å². The summed E-state index contributed by atoms with van der Waals surface area (Å²) in [5.74, 6) is 0. The molecule has 0 bridgehead atoms. The van der Waals surface area contributed by atoms with Gasteiger partial charge in [0.15, 0.2) is 0 Å². The van der Waals surface area contributed by atoms with Crippen LogP contribution in [-0.2, 0) is 0 Å². The van der Waals surface area contributed by atoms with Crippen molar-refractivity contribution in [1.29, 1.82) is 0 Å². The third-order valence-electron chi connectivity index (χ3n) is 1.46. The van der Waals surface area contributed by atoms with Gasteiger partial charge in [0.25, 0.3) is 5.56 Å². The summed E-state index contributed by atoms with van der Waals surface area (Å²) in [4.78, 5) is 11.2. The number of pyridine rings is 1. The highest BCUT2D eigenvalue weighted by Crippen LogP contribution is 2.10. The molecule has 0 saturated heterocycles. The van der Waals surface area contributed by atoms with E-state index in [4.69, 9.17) is 11.6 Å². The van der Waals surface area contributed by atoms with Crippen LogP contribution in [0.5, 0.6) is 0 Å². The molecule has 60 valence electrons. The summed E-state index contributed by atoms with van der Waals surface area (Å²) in [6.07, 6.45) is 0. The average Bonchev–Trinajstić information content (AvgIpc) is 1.85. The van der Waals surface area contributed by atoms with E-state index in [1.54, 1.807) is 16.7 Å². The number of hydrogen-bond acceptors (Lipinski definition) is 1. The number of halogens is 1. The molecule has 0 N–H and O–H groups in total. The van der Waals surface area contributed by atoms with Gasteiger partial charge in [-0.25, -0.2) is 0 Å². The predicted octanol–water partition coefficient (Wildman–Crippen LogP) is 2.08. The molecule has 0 aliphatic carbocycles. The average molecular weight is 172 g/mol. The van der Waals surface area contributed by atoms with E-state index in [0.29, 0.717) is 5.15 Å². The highest BCUT2D eigenvalue weighted by atomic mass is 35.5. The van der Waals surface area contributed by atoms with E-state index in [-0.39, 0.29) is 11.6 Å². The summed E-state index contributed by atoms with van der Waals surface area (Å²) in [6, 6.07) is 4.99. The van der Waals surface area contributed by atoms with Crippen molar-refractivity contribution in [2.45, 2.75) is 19.9 Å². The summed E-state index contributed by atoms with van der Waals surface area (Å²) in [6.45, 7) is 3.85. The van der Waals surface area contributed by atoms with Crippen LogP contribution in [0.4, 0.5) is 0 Å². The highest BCUT2D eigenvalue weighted by Gasteiger charge is 2.02. The number of aromatic nitrogens is 1. The molecular formula is C8H10ClNO. The first-order chi connectivity index (χ1) is 5.13. The highest BCUT2D eigenvalue weighted by molar-refractivity contribution is 6.29. The number of hydrogen-bond donors (Lipinski definition) is 0. The Morgan fingerprint density at radius 1 is 1.45 bits per heavy atom. The van der Waals surface area contributed by atoms with Crippen LogP contribution in [0, 0.1) is 0 Å². The summed E-state index contributed by atoms with van der Waals surface area (Å²) in [5, 5.41) is 0.493. The van der Waals surface area contributed by atoms with Gasteiger partial charge in [0.2, 0.25) is 0 Å². The van der Waals surface area contributed by atoms with E-state index in [2.05, 4.69) is 0 Å². The number of nitrogens with zero attached hydrogens (tertiary/aromatic N) is 1. The minimum absolute atomic E-state index is 0.0486. The second-order valence-corrected chi connectivity index (χ2v) is 3.04. The van der Waals surface area contributed by atoms with Crippen molar-refractivity contribution in [2.24, 2.45) is 0 Å². The maximum absolute atomic E-state index is 11.2. The lowest BCUT2D eigenvalue weighted by atomic mass is 10.3. The van der Waals surface area contributed by atoms with Gasteiger partial charge in [-0.15, -0.1) is 0 Å². The van der Waals surface area contributed by atoms with Crippen LogP contribution in [0.25, 0.3) is 0 Å². The van der Waals surface area contributed by atoms with Crippen molar-refractivity contribution in [3.63, 3.8) is 0 Å². The first-order valence-corrected chi connectivity index (χ1v) is 3.88. The van der Waals surface area contributed by atoms with Gasteiger partial charge < -0.3 is 0 Å². The first kappa shape index (κ1) is 8.34. The fourth-order valence-electron chi connectivity index (χ4n) is 0.977. The smallest absolute Gasteiger partial charge is 0.251 e. The Labute approximate surface area is 70.4 Å². The molecule has 0 fully saturated rings. The third kappa shape index (κ3) is 1.63. The molecule has 0 aliphatic heterocycles. The second kappa shape index (κ2) is 3.09. The van der Waals surface area contributed by atoms with Crippen LogP contribution in [0.15, 0.2) is 23.0 Å². The van der Waals surface area contributed by atoms with E-state index in [9.17, 15) is 4.79 Å². The molecule has 0 unspecified atom stereocenters. The van der Waals surface area contributed by atoms with Crippen molar-refractivity contribution in [2.75, 3.05) is 0 Å². The molecule has 1 rings (SSSR count). The largest absolute Gasteiger partial charge is 0.297 e. The van der Waals surface area contributed by atoms with Gasteiger partial charge in [0.05, 0.1) is 0 Å². The van der Waals surface area contributed by atoms with E-state index in [1.807, 2.05) is 13.8 Å². The Balaban J connectivity index is 3.33. The van der Waals surface area contributed by atoms with Crippen LogP contribution in [0.3, 0.4) is 0 Å². The zero-order chi connectivity index (χ0) is 8.43. The molecule has 0 aliphatic rings. The molecule has 1 aromatic rings.